The van der Waals surface area contributed by atoms with Gasteiger partial charge in [0.25, 0.3) is 5.91 Å². The van der Waals surface area contributed by atoms with E-state index in [1.807, 2.05) is 7.05 Å². The number of aromatic nitrogens is 1. The first-order chi connectivity index (χ1) is 10.0. The third-order valence-electron chi connectivity index (χ3n) is 5.09. The number of carbonyl (C=O) groups excluding carboxylic acids is 1. The largest absolute Gasteiger partial charge is 0.480 e. The average molecular weight is 290 g/mol. The fourth-order valence-corrected chi connectivity index (χ4v) is 4.12. The van der Waals surface area contributed by atoms with Gasteiger partial charge in [-0.3, -0.25) is 9.59 Å². The van der Waals surface area contributed by atoms with Crippen molar-refractivity contribution in [3.8, 4) is 0 Å². The van der Waals surface area contributed by atoms with Crippen LogP contribution in [0.2, 0.25) is 0 Å². The molecule has 2 saturated carbocycles. The second kappa shape index (κ2) is 5.54. The third-order valence-corrected chi connectivity index (χ3v) is 5.09. The molecule has 0 radical (unpaired) electrons. The number of nitrogens with zero attached hydrogens (tertiary/aromatic N) is 2. The zero-order valence-electron chi connectivity index (χ0n) is 12.4. The van der Waals surface area contributed by atoms with E-state index in [2.05, 4.69) is 0 Å². The Kier molecular flexibility index (Phi) is 3.74. The molecule has 114 valence electrons. The first-order valence-corrected chi connectivity index (χ1v) is 7.67. The van der Waals surface area contributed by atoms with Crippen molar-refractivity contribution in [1.29, 1.82) is 0 Å². The van der Waals surface area contributed by atoms with Crippen molar-refractivity contribution in [2.24, 2.45) is 17.8 Å². The molecule has 5 heteroatoms. The number of rotatable bonds is 5. The fourth-order valence-electron chi connectivity index (χ4n) is 4.12. The first kappa shape index (κ1) is 14.2. The molecule has 1 heterocycles. The van der Waals surface area contributed by atoms with Crippen LogP contribution >= 0.6 is 0 Å². The SMILES string of the molecule is CN(CC1CC2CCC1C2)C(=O)c1cccn1CC(=O)O. The minimum atomic E-state index is -0.934. The highest BCUT2D eigenvalue weighted by Crippen LogP contribution is 2.48. The molecule has 0 spiro atoms. The predicted octanol–water partition coefficient (Wildman–Crippen LogP) is 2.08. The number of fused-ring (bicyclic) bond motifs is 2. The molecule has 2 fully saturated rings. The van der Waals surface area contributed by atoms with Gasteiger partial charge in [0.15, 0.2) is 0 Å². The topological polar surface area (TPSA) is 62.5 Å². The van der Waals surface area contributed by atoms with Crippen molar-refractivity contribution in [2.45, 2.75) is 32.2 Å². The summed E-state index contributed by atoms with van der Waals surface area (Å²) in [7, 11) is 1.83. The van der Waals surface area contributed by atoms with Gasteiger partial charge in [0.1, 0.15) is 12.2 Å². The molecule has 21 heavy (non-hydrogen) atoms. The zero-order valence-corrected chi connectivity index (χ0v) is 12.4. The number of carboxylic acids is 1. The standard InChI is InChI=1S/C16H22N2O3/c1-17(9-13-8-11-4-5-12(13)7-11)16(21)14-3-2-6-18(14)10-15(19)20/h2-3,6,11-13H,4-5,7-10H2,1H3,(H,19,20). The van der Waals surface area contributed by atoms with E-state index >= 15 is 0 Å². The first-order valence-electron chi connectivity index (χ1n) is 7.67. The number of carbonyl (C=O) groups is 2. The maximum absolute atomic E-state index is 12.5. The molecule has 1 aromatic rings. The molecule has 3 atom stereocenters. The summed E-state index contributed by atoms with van der Waals surface area (Å²) in [6, 6.07) is 3.42. The molecule has 1 N–H and O–H groups in total. The van der Waals surface area contributed by atoms with E-state index in [4.69, 9.17) is 5.11 Å². The smallest absolute Gasteiger partial charge is 0.323 e. The molecule has 0 aliphatic heterocycles. The van der Waals surface area contributed by atoms with E-state index in [0.717, 1.165) is 18.4 Å². The maximum Gasteiger partial charge on any atom is 0.323 e. The summed E-state index contributed by atoms with van der Waals surface area (Å²) >= 11 is 0. The Bertz CT molecular complexity index is 551. The molecule has 2 bridgehead atoms. The molecule has 5 nitrogen and oxygen atoms in total. The van der Waals surface area contributed by atoms with Crippen LogP contribution in [0.1, 0.15) is 36.2 Å². The highest BCUT2D eigenvalue weighted by molar-refractivity contribution is 5.93. The number of hydrogen-bond donors (Lipinski definition) is 1. The lowest BCUT2D eigenvalue weighted by Crippen LogP contribution is -2.35. The molecular weight excluding hydrogens is 268 g/mol. The molecule has 0 aromatic carbocycles. The molecule has 1 aromatic heterocycles. The second-order valence-electron chi connectivity index (χ2n) is 6.54. The molecule has 0 saturated heterocycles. The molecule has 3 rings (SSSR count). The van der Waals surface area contributed by atoms with Crippen LogP contribution in [0, 0.1) is 17.8 Å². The van der Waals surface area contributed by atoms with E-state index in [1.54, 1.807) is 23.2 Å². The number of hydrogen-bond acceptors (Lipinski definition) is 2. The summed E-state index contributed by atoms with van der Waals surface area (Å²) in [6.07, 6.45) is 6.90. The molecular formula is C16H22N2O3. The van der Waals surface area contributed by atoms with Gasteiger partial charge in [-0.15, -0.1) is 0 Å². The summed E-state index contributed by atoms with van der Waals surface area (Å²) in [6.45, 7) is 0.619. The van der Waals surface area contributed by atoms with Gasteiger partial charge >= 0.3 is 5.97 Å². The highest BCUT2D eigenvalue weighted by Gasteiger charge is 2.40. The maximum atomic E-state index is 12.5. The van der Waals surface area contributed by atoms with Gasteiger partial charge in [-0.1, -0.05) is 6.42 Å². The Morgan fingerprint density at radius 1 is 1.38 bits per heavy atom. The number of aliphatic carboxylic acids is 1. The summed E-state index contributed by atoms with van der Waals surface area (Å²) in [5.41, 5.74) is 0.461. The minimum absolute atomic E-state index is 0.0796. The van der Waals surface area contributed by atoms with Crippen LogP contribution in [-0.4, -0.2) is 40.0 Å². The zero-order chi connectivity index (χ0) is 15.0. The van der Waals surface area contributed by atoms with Crippen molar-refractivity contribution >= 4 is 11.9 Å². The predicted molar refractivity (Wildman–Crippen MR) is 78.0 cm³/mol. The van der Waals surface area contributed by atoms with Crippen LogP contribution in [0.5, 0.6) is 0 Å². The second-order valence-corrected chi connectivity index (χ2v) is 6.54. The van der Waals surface area contributed by atoms with Gasteiger partial charge in [-0.05, 0) is 49.1 Å². The van der Waals surface area contributed by atoms with Crippen molar-refractivity contribution in [3.63, 3.8) is 0 Å². The molecule has 3 unspecified atom stereocenters. The average Bonchev–Trinajstić information content (AvgIpc) is 3.13. The molecule has 2 aliphatic rings. The Labute approximate surface area is 124 Å². The summed E-state index contributed by atoms with van der Waals surface area (Å²) in [4.78, 5) is 25.1. The Balaban J connectivity index is 1.64. The van der Waals surface area contributed by atoms with Crippen molar-refractivity contribution in [1.82, 2.24) is 9.47 Å². The number of carboxylic acid groups (broad SMARTS) is 1. The lowest BCUT2D eigenvalue weighted by Gasteiger charge is -2.27. The van der Waals surface area contributed by atoms with Crippen LogP contribution in [0.15, 0.2) is 18.3 Å². The molecule has 1 amide bonds. The van der Waals surface area contributed by atoms with Gasteiger partial charge in [-0.25, -0.2) is 0 Å². The molecule has 2 aliphatic carbocycles. The van der Waals surface area contributed by atoms with Crippen molar-refractivity contribution in [2.75, 3.05) is 13.6 Å². The van der Waals surface area contributed by atoms with Gasteiger partial charge in [0, 0.05) is 19.8 Å². The van der Waals surface area contributed by atoms with Crippen LogP contribution in [-0.2, 0) is 11.3 Å². The van der Waals surface area contributed by atoms with Crippen molar-refractivity contribution in [3.05, 3.63) is 24.0 Å². The monoisotopic (exact) mass is 290 g/mol. The number of amides is 1. The van der Waals surface area contributed by atoms with E-state index in [-0.39, 0.29) is 12.5 Å². The van der Waals surface area contributed by atoms with Crippen LogP contribution in [0.4, 0.5) is 0 Å². The van der Waals surface area contributed by atoms with E-state index in [9.17, 15) is 9.59 Å². The van der Waals surface area contributed by atoms with Gasteiger partial charge < -0.3 is 14.6 Å². The van der Waals surface area contributed by atoms with Crippen molar-refractivity contribution < 1.29 is 14.7 Å². The summed E-state index contributed by atoms with van der Waals surface area (Å²) in [5, 5.41) is 8.89. The van der Waals surface area contributed by atoms with Gasteiger partial charge in [-0.2, -0.15) is 0 Å². The van der Waals surface area contributed by atoms with Crippen LogP contribution in [0.25, 0.3) is 0 Å². The normalized spacial score (nSPS) is 27.0. The lowest BCUT2D eigenvalue weighted by molar-refractivity contribution is -0.137. The Morgan fingerprint density at radius 2 is 2.19 bits per heavy atom. The third kappa shape index (κ3) is 2.82. The Hall–Kier alpha value is -1.78. The van der Waals surface area contributed by atoms with E-state index < -0.39 is 5.97 Å². The minimum Gasteiger partial charge on any atom is -0.480 e. The van der Waals surface area contributed by atoms with Crippen LogP contribution in [0.3, 0.4) is 0 Å². The van der Waals surface area contributed by atoms with Crippen LogP contribution < -0.4 is 0 Å². The van der Waals surface area contributed by atoms with Gasteiger partial charge in [0.05, 0.1) is 0 Å². The van der Waals surface area contributed by atoms with Gasteiger partial charge in [0.2, 0.25) is 0 Å². The summed E-state index contributed by atoms with van der Waals surface area (Å²) < 4.78 is 1.50. The summed E-state index contributed by atoms with van der Waals surface area (Å²) in [5.74, 6) is 1.27. The van der Waals surface area contributed by atoms with E-state index in [1.165, 1.54) is 30.3 Å². The highest BCUT2D eigenvalue weighted by atomic mass is 16.4. The quantitative estimate of drug-likeness (QED) is 0.903. The van der Waals surface area contributed by atoms with E-state index in [0.29, 0.717) is 11.6 Å². The lowest BCUT2D eigenvalue weighted by atomic mass is 9.88. The Morgan fingerprint density at radius 3 is 2.81 bits per heavy atom. The fraction of sp³-hybridized carbons (Fsp3) is 0.625.